The maximum Gasteiger partial charge on any atom is 0.234 e. The first-order valence-corrected chi connectivity index (χ1v) is 6.62. The van der Waals surface area contributed by atoms with Gasteiger partial charge in [-0.1, -0.05) is 0 Å². The van der Waals surface area contributed by atoms with E-state index in [1.165, 1.54) is 0 Å². The Bertz CT molecular complexity index is 349. The molecule has 7 heteroatoms. The Labute approximate surface area is 117 Å². The first-order valence-electron chi connectivity index (χ1n) is 5.03. The van der Waals surface area contributed by atoms with Crippen LogP contribution in [0.25, 0.3) is 0 Å². The number of hydrogen-bond acceptors (Lipinski definition) is 4. The molecule has 0 spiro atoms. The van der Waals surface area contributed by atoms with E-state index in [1.807, 2.05) is 6.07 Å². The van der Waals surface area contributed by atoms with E-state index in [0.717, 1.165) is 10.2 Å². The Hall–Kier alpha value is -0.370. The van der Waals surface area contributed by atoms with E-state index in [9.17, 15) is 4.79 Å². The number of ether oxygens (including phenoxy) is 1. The van der Waals surface area contributed by atoms with E-state index in [2.05, 4.69) is 42.5 Å². The first kappa shape index (κ1) is 14.7. The van der Waals surface area contributed by atoms with E-state index in [0.29, 0.717) is 24.4 Å². The maximum absolute atomic E-state index is 11.3. The molecule has 0 unspecified atom stereocenters. The van der Waals surface area contributed by atoms with E-state index in [-0.39, 0.29) is 12.5 Å². The smallest absolute Gasteiger partial charge is 0.234 e. The summed E-state index contributed by atoms with van der Waals surface area (Å²) in [6.07, 6.45) is 0. The lowest BCUT2D eigenvalue weighted by molar-refractivity contribution is -0.120. The van der Waals surface area contributed by atoms with Crippen LogP contribution in [-0.4, -0.2) is 32.7 Å². The number of nitrogens with one attached hydrogen (secondary N) is 2. The molecule has 1 rings (SSSR count). The van der Waals surface area contributed by atoms with Crippen molar-refractivity contribution in [2.45, 2.75) is 6.54 Å². The average molecular weight is 370 g/mol. The molecule has 1 aromatic heterocycles. The molecule has 0 fully saturated rings. The highest BCUT2D eigenvalue weighted by atomic mass is 79.9. The molecule has 0 saturated carbocycles. The van der Waals surface area contributed by atoms with Gasteiger partial charge in [-0.05, 0) is 37.9 Å². The number of furan rings is 1. The second-order valence-electron chi connectivity index (χ2n) is 3.28. The predicted molar refractivity (Wildman–Crippen MR) is 70.7 cm³/mol. The van der Waals surface area contributed by atoms with Gasteiger partial charge < -0.3 is 19.8 Å². The van der Waals surface area contributed by atoms with Crippen molar-refractivity contribution in [1.29, 1.82) is 0 Å². The SMILES string of the molecule is COCCNC(=O)CNCc1cc(Br)c(Br)o1. The zero-order valence-electron chi connectivity index (χ0n) is 9.39. The molecule has 1 aromatic rings. The third-order valence-electron chi connectivity index (χ3n) is 1.91. The van der Waals surface area contributed by atoms with Crippen molar-refractivity contribution in [1.82, 2.24) is 10.6 Å². The summed E-state index contributed by atoms with van der Waals surface area (Å²) in [5.41, 5.74) is 0. The third-order valence-corrected chi connectivity index (χ3v) is 3.62. The molecule has 96 valence electrons. The van der Waals surface area contributed by atoms with Crippen LogP contribution < -0.4 is 10.6 Å². The summed E-state index contributed by atoms with van der Waals surface area (Å²) >= 11 is 6.56. The van der Waals surface area contributed by atoms with Gasteiger partial charge in [-0.3, -0.25) is 4.79 Å². The van der Waals surface area contributed by atoms with E-state index < -0.39 is 0 Å². The molecule has 0 aromatic carbocycles. The Balaban J connectivity index is 2.17. The van der Waals surface area contributed by atoms with Gasteiger partial charge in [0.1, 0.15) is 5.76 Å². The molecule has 0 aliphatic rings. The van der Waals surface area contributed by atoms with Crippen LogP contribution in [0.1, 0.15) is 5.76 Å². The van der Waals surface area contributed by atoms with Gasteiger partial charge in [0.15, 0.2) is 4.67 Å². The van der Waals surface area contributed by atoms with Gasteiger partial charge in [0.25, 0.3) is 0 Å². The number of hydrogen-bond donors (Lipinski definition) is 2. The summed E-state index contributed by atoms with van der Waals surface area (Å²) < 4.78 is 11.7. The second-order valence-corrected chi connectivity index (χ2v) is 4.86. The van der Waals surface area contributed by atoms with Crippen molar-refractivity contribution in [3.05, 3.63) is 21.0 Å². The fourth-order valence-electron chi connectivity index (χ4n) is 1.13. The zero-order valence-corrected chi connectivity index (χ0v) is 12.6. The molecule has 0 aliphatic heterocycles. The molecule has 1 amide bonds. The molecule has 0 aliphatic carbocycles. The fourth-order valence-corrected chi connectivity index (χ4v) is 1.79. The van der Waals surface area contributed by atoms with Crippen molar-refractivity contribution in [3.8, 4) is 0 Å². The largest absolute Gasteiger partial charge is 0.452 e. The number of rotatable bonds is 7. The Morgan fingerprint density at radius 3 is 2.88 bits per heavy atom. The zero-order chi connectivity index (χ0) is 12.7. The summed E-state index contributed by atoms with van der Waals surface area (Å²) in [5, 5.41) is 5.69. The normalized spacial score (nSPS) is 10.5. The molecule has 2 N–H and O–H groups in total. The minimum absolute atomic E-state index is 0.0632. The monoisotopic (exact) mass is 368 g/mol. The lowest BCUT2D eigenvalue weighted by Crippen LogP contribution is -2.35. The molecule has 0 saturated heterocycles. The van der Waals surface area contributed by atoms with Crippen LogP contribution in [0.3, 0.4) is 0 Å². The number of carbonyl (C=O) groups is 1. The molecule has 0 bridgehead atoms. The molecule has 0 atom stereocenters. The molecule has 5 nitrogen and oxygen atoms in total. The van der Waals surface area contributed by atoms with Gasteiger partial charge in [-0.25, -0.2) is 0 Å². The van der Waals surface area contributed by atoms with Crippen molar-refractivity contribution in [2.24, 2.45) is 0 Å². The van der Waals surface area contributed by atoms with Crippen molar-refractivity contribution in [2.75, 3.05) is 26.8 Å². The molecule has 17 heavy (non-hydrogen) atoms. The third kappa shape index (κ3) is 5.67. The lowest BCUT2D eigenvalue weighted by atomic mass is 10.4. The van der Waals surface area contributed by atoms with Crippen molar-refractivity contribution < 1.29 is 13.9 Å². The molecule has 1 heterocycles. The number of amides is 1. The van der Waals surface area contributed by atoms with E-state index in [4.69, 9.17) is 9.15 Å². The van der Waals surface area contributed by atoms with Crippen LogP contribution in [0.4, 0.5) is 0 Å². The van der Waals surface area contributed by atoms with Crippen LogP contribution >= 0.6 is 31.9 Å². The summed E-state index contributed by atoms with van der Waals surface area (Å²) in [4.78, 5) is 11.3. The highest BCUT2D eigenvalue weighted by molar-refractivity contribution is 9.13. The van der Waals surface area contributed by atoms with Crippen LogP contribution in [-0.2, 0) is 16.1 Å². The lowest BCUT2D eigenvalue weighted by Gasteiger charge is -2.04. The van der Waals surface area contributed by atoms with Gasteiger partial charge in [0.2, 0.25) is 5.91 Å². The van der Waals surface area contributed by atoms with Gasteiger partial charge in [-0.15, -0.1) is 0 Å². The van der Waals surface area contributed by atoms with Crippen LogP contribution in [0.5, 0.6) is 0 Å². The van der Waals surface area contributed by atoms with Gasteiger partial charge in [0, 0.05) is 13.7 Å². The number of methoxy groups -OCH3 is 1. The van der Waals surface area contributed by atoms with E-state index in [1.54, 1.807) is 7.11 Å². The van der Waals surface area contributed by atoms with Gasteiger partial charge in [-0.2, -0.15) is 0 Å². The minimum atomic E-state index is -0.0632. The Morgan fingerprint density at radius 2 is 2.29 bits per heavy atom. The van der Waals surface area contributed by atoms with Crippen LogP contribution in [0.2, 0.25) is 0 Å². The maximum atomic E-state index is 11.3. The topological polar surface area (TPSA) is 63.5 Å². The van der Waals surface area contributed by atoms with Gasteiger partial charge >= 0.3 is 0 Å². The van der Waals surface area contributed by atoms with Crippen LogP contribution in [0, 0.1) is 0 Å². The predicted octanol–water partition coefficient (Wildman–Crippen LogP) is 1.66. The molecule has 0 radical (unpaired) electrons. The highest BCUT2D eigenvalue weighted by Gasteiger charge is 2.06. The summed E-state index contributed by atoms with van der Waals surface area (Å²) in [7, 11) is 1.59. The van der Waals surface area contributed by atoms with E-state index >= 15 is 0 Å². The Morgan fingerprint density at radius 1 is 1.53 bits per heavy atom. The van der Waals surface area contributed by atoms with Crippen LogP contribution in [0.15, 0.2) is 19.6 Å². The molecular formula is C10H14Br2N2O3. The molecular weight excluding hydrogens is 356 g/mol. The second kappa shape index (κ2) is 7.86. The number of halogens is 2. The standard InChI is InChI=1S/C10H14Br2N2O3/c1-16-3-2-14-9(15)6-13-5-7-4-8(11)10(12)17-7/h4,13H,2-3,5-6H2,1H3,(H,14,15). The average Bonchev–Trinajstić information content (AvgIpc) is 2.59. The highest BCUT2D eigenvalue weighted by Crippen LogP contribution is 2.26. The van der Waals surface area contributed by atoms with Crippen molar-refractivity contribution >= 4 is 37.8 Å². The minimum Gasteiger partial charge on any atom is -0.452 e. The quantitative estimate of drug-likeness (QED) is 0.717. The van der Waals surface area contributed by atoms with Gasteiger partial charge in [0.05, 0.1) is 24.2 Å². The summed E-state index contributed by atoms with van der Waals surface area (Å²) in [5.74, 6) is 0.695. The fraction of sp³-hybridized carbons (Fsp3) is 0.500. The number of carbonyl (C=O) groups excluding carboxylic acids is 1. The Kier molecular flexibility index (Phi) is 6.79. The first-order chi connectivity index (χ1) is 8.13. The summed E-state index contributed by atoms with van der Waals surface area (Å²) in [6, 6.07) is 1.85. The summed E-state index contributed by atoms with van der Waals surface area (Å²) in [6.45, 7) is 1.79. The van der Waals surface area contributed by atoms with Crippen molar-refractivity contribution in [3.63, 3.8) is 0 Å².